The highest BCUT2D eigenvalue weighted by atomic mass is 16.7. The van der Waals surface area contributed by atoms with Gasteiger partial charge in [-0.1, -0.05) is 0 Å². The van der Waals surface area contributed by atoms with Gasteiger partial charge in [0.15, 0.2) is 0 Å². The van der Waals surface area contributed by atoms with Crippen molar-refractivity contribution in [3.63, 3.8) is 0 Å². The molecule has 5 N–H and O–H groups in total. The molecule has 1 aromatic carbocycles. The molecule has 0 bridgehead atoms. The van der Waals surface area contributed by atoms with E-state index in [1.54, 1.807) is 0 Å². The van der Waals surface area contributed by atoms with Crippen LogP contribution < -0.4 is 0 Å². The summed E-state index contributed by atoms with van der Waals surface area (Å²) in [5, 5.41) is 59.6. The van der Waals surface area contributed by atoms with E-state index < -0.39 is 53.5 Å². The minimum atomic E-state index is -2.60. The Morgan fingerprint density at radius 2 is 2.00 bits per heavy atom. The zero-order valence-corrected chi connectivity index (χ0v) is 10.7. The van der Waals surface area contributed by atoms with Gasteiger partial charge in [0.25, 0.3) is 5.69 Å². The van der Waals surface area contributed by atoms with Crippen LogP contribution in [0, 0.1) is 10.1 Å². The number of non-ortho nitro benzene ring substituents is 1. The van der Waals surface area contributed by atoms with Crippen molar-refractivity contribution < 1.29 is 36.6 Å². The van der Waals surface area contributed by atoms with Gasteiger partial charge in [0.2, 0.25) is 5.79 Å². The van der Waals surface area contributed by atoms with Gasteiger partial charge in [0.05, 0.1) is 12.9 Å². The van der Waals surface area contributed by atoms with Crippen molar-refractivity contribution in [2.24, 2.45) is 0 Å². The third kappa shape index (κ3) is 2.62. The quantitative estimate of drug-likeness (QED) is 0.324. The molecule has 1 aromatic rings. The third-order valence-electron chi connectivity index (χ3n) is 3.36. The van der Waals surface area contributed by atoms with Crippen molar-refractivity contribution in [1.29, 1.82) is 0 Å². The maximum Gasteiger partial charge on any atom is 0.269 e. The van der Waals surface area contributed by atoms with Crippen LogP contribution in [-0.2, 0) is 10.5 Å². The first kappa shape index (κ1) is 14.3. The molecule has 0 spiro atoms. The largest absolute Gasteiger partial charge is 0.394 e. The molecule has 0 saturated carbocycles. The van der Waals surface area contributed by atoms with E-state index in [1.807, 2.05) is 0 Å². The zero-order valence-electron chi connectivity index (χ0n) is 11.7. The van der Waals surface area contributed by atoms with Gasteiger partial charge in [0, 0.05) is 17.7 Å². The molecule has 9 nitrogen and oxygen atoms in total. The van der Waals surface area contributed by atoms with Gasteiger partial charge in [-0.05, 0) is 12.1 Å². The van der Waals surface area contributed by atoms with Crippen LogP contribution in [-0.4, -0.2) is 61.5 Å². The van der Waals surface area contributed by atoms with Crippen LogP contribution in [0.2, 0.25) is 0 Å². The maximum atomic E-state index is 10.7. The lowest BCUT2D eigenvalue weighted by Gasteiger charge is -2.45. The smallest absolute Gasteiger partial charge is 0.269 e. The number of benzene rings is 1. The second-order valence-corrected chi connectivity index (χ2v) is 4.68. The van der Waals surface area contributed by atoms with Gasteiger partial charge in [0.1, 0.15) is 24.4 Å². The topological polar surface area (TPSA) is 154 Å². The van der Waals surface area contributed by atoms with E-state index in [-0.39, 0.29) is 5.56 Å². The molecule has 0 aromatic heterocycles. The van der Waals surface area contributed by atoms with Crippen LogP contribution in [0.4, 0.5) is 5.69 Å². The van der Waals surface area contributed by atoms with E-state index in [9.17, 15) is 30.5 Å². The number of hydrogen-bond donors (Lipinski definition) is 5. The summed E-state index contributed by atoms with van der Waals surface area (Å²) in [6, 6.07) is 2.33. The molecular formula is C12H15NO8. The number of rotatable bonds is 3. The van der Waals surface area contributed by atoms with Crippen LogP contribution in [0.15, 0.2) is 24.2 Å². The number of aliphatic hydroxyl groups is 5. The molecule has 5 atom stereocenters. The van der Waals surface area contributed by atoms with Gasteiger partial charge in [-0.3, -0.25) is 10.1 Å². The van der Waals surface area contributed by atoms with Crippen LogP contribution in [0.25, 0.3) is 0 Å². The molecule has 1 saturated heterocycles. The van der Waals surface area contributed by atoms with Crippen molar-refractivity contribution in [1.82, 2.24) is 0 Å². The molecule has 1 unspecified atom stereocenters. The first-order valence-corrected chi connectivity index (χ1v) is 6.03. The Labute approximate surface area is 120 Å². The van der Waals surface area contributed by atoms with Crippen LogP contribution >= 0.6 is 0 Å². The third-order valence-corrected chi connectivity index (χ3v) is 3.36. The molecular weight excluding hydrogens is 286 g/mol. The van der Waals surface area contributed by atoms with Crippen molar-refractivity contribution in [3.05, 3.63) is 39.9 Å². The molecule has 21 heavy (non-hydrogen) atoms. The van der Waals surface area contributed by atoms with Crippen LogP contribution in [0.5, 0.6) is 0 Å². The average molecular weight is 302 g/mol. The number of ether oxygens (including phenoxy) is 1. The average Bonchev–Trinajstić information content (AvgIpc) is 2.48. The van der Waals surface area contributed by atoms with E-state index in [1.165, 1.54) is 0 Å². The molecule has 0 amide bonds. The molecule has 116 valence electrons. The Balaban J connectivity index is 2.46. The monoisotopic (exact) mass is 302 g/mol. The lowest BCUT2D eigenvalue weighted by atomic mass is 9.88. The van der Waals surface area contributed by atoms with E-state index >= 15 is 0 Å². The van der Waals surface area contributed by atoms with Crippen molar-refractivity contribution >= 4 is 5.69 Å². The Morgan fingerprint density at radius 1 is 1.33 bits per heavy atom. The Hall–Kier alpha value is -1.62. The second-order valence-electron chi connectivity index (χ2n) is 4.68. The predicted molar refractivity (Wildman–Crippen MR) is 67.0 cm³/mol. The van der Waals surface area contributed by atoms with Gasteiger partial charge < -0.3 is 30.3 Å². The highest BCUT2D eigenvalue weighted by Crippen LogP contribution is 2.36. The Morgan fingerprint density at radius 3 is 2.52 bits per heavy atom. The lowest BCUT2D eigenvalue weighted by molar-refractivity contribution is -0.385. The van der Waals surface area contributed by atoms with Gasteiger partial charge >= 0.3 is 0 Å². The number of hydrogen-bond acceptors (Lipinski definition) is 8. The summed E-state index contributed by atoms with van der Waals surface area (Å²) >= 11 is 0. The summed E-state index contributed by atoms with van der Waals surface area (Å²) < 4.78 is 12.8. The van der Waals surface area contributed by atoms with E-state index in [0.717, 1.165) is 18.2 Å². The van der Waals surface area contributed by atoms with E-state index in [0.29, 0.717) is 0 Å². The van der Waals surface area contributed by atoms with E-state index in [4.69, 9.17) is 11.2 Å². The standard InChI is InChI=1S/C12H15NO8/c14-5-8-9(15)10(16)11(17)12(18,21-8)6-1-3-7(4-2-6)13(19)20/h1-4,8-11,14-18H,5H2/t8-,9-,10+,11-,12?/m1/s1/i1D. The molecule has 0 aliphatic carbocycles. The van der Waals surface area contributed by atoms with Gasteiger partial charge in [-0.25, -0.2) is 0 Å². The predicted octanol–water partition coefficient (Wildman–Crippen LogP) is -1.79. The minimum Gasteiger partial charge on any atom is -0.394 e. The Bertz CT molecular complexity index is 582. The first-order valence-electron chi connectivity index (χ1n) is 6.53. The highest BCUT2D eigenvalue weighted by molar-refractivity contribution is 5.35. The minimum absolute atomic E-state index is 0.338. The van der Waals surface area contributed by atoms with Crippen molar-refractivity contribution in [2.75, 3.05) is 6.61 Å². The molecule has 1 heterocycles. The number of aliphatic hydroxyl groups excluding tert-OH is 4. The first-order chi connectivity index (χ1) is 10.2. The maximum absolute atomic E-state index is 10.7. The number of nitrogens with zero attached hydrogens (tertiary/aromatic N) is 1. The van der Waals surface area contributed by atoms with Crippen LogP contribution in [0.3, 0.4) is 0 Å². The fraction of sp³-hybridized carbons (Fsp3) is 0.500. The number of nitro benzene ring substituents is 1. The Kier molecular flexibility index (Phi) is 3.85. The van der Waals surface area contributed by atoms with Gasteiger partial charge in [-0.2, -0.15) is 0 Å². The fourth-order valence-corrected chi connectivity index (χ4v) is 2.13. The summed E-state index contributed by atoms with van der Waals surface area (Å²) in [6.07, 6.45) is -6.91. The van der Waals surface area contributed by atoms with E-state index in [2.05, 4.69) is 0 Å². The fourth-order valence-electron chi connectivity index (χ4n) is 2.13. The molecule has 1 aliphatic rings. The summed E-state index contributed by atoms with van der Waals surface area (Å²) in [5.41, 5.74) is -0.739. The number of nitro groups is 1. The summed E-state index contributed by atoms with van der Waals surface area (Å²) in [4.78, 5) is 9.91. The normalized spacial score (nSPS) is 37.1. The molecule has 1 aliphatic heterocycles. The summed E-state index contributed by atoms with van der Waals surface area (Å²) in [6.45, 7) is -0.756. The van der Waals surface area contributed by atoms with Crippen LogP contribution in [0.1, 0.15) is 6.93 Å². The molecule has 0 radical (unpaired) electrons. The van der Waals surface area contributed by atoms with Crippen molar-refractivity contribution in [2.45, 2.75) is 30.2 Å². The SMILES string of the molecule is [2H]c1cc([N+](=O)[O-])ccc1C1(O)O[C@H](CO)[C@@H](O)[C@H](O)[C@H]1O. The van der Waals surface area contributed by atoms with Crippen molar-refractivity contribution in [3.8, 4) is 0 Å². The zero-order chi connectivity index (χ0) is 16.7. The molecule has 9 heteroatoms. The van der Waals surface area contributed by atoms with Gasteiger partial charge in [-0.15, -0.1) is 0 Å². The molecule has 1 fully saturated rings. The second kappa shape index (κ2) is 5.64. The summed E-state index contributed by atoms with van der Waals surface area (Å²) in [7, 11) is 0. The molecule has 2 rings (SSSR count). The highest BCUT2D eigenvalue weighted by Gasteiger charge is 2.53. The lowest BCUT2D eigenvalue weighted by Crippen LogP contribution is -2.63. The summed E-state index contributed by atoms with van der Waals surface area (Å²) in [5.74, 6) is -2.60.